The molecule has 0 spiro atoms. The van der Waals surface area contributed by atoms with Gasteiger partial charge in [0.1, 0.15) is 11.5 Å². The van der Waals surface area contributed by atoms with Crippen LogP contribution in [0.5, 0.6) is 0 Å². The van der Waals surface area contributed by atoms with Crippen LogP contribution in [0.1, 0.15) is 29.3 Å². The monoisotopic (exact) mass is 587 g/mol. The summed E-state index contributed by atoms with van der Waals surface area (Å²) >= 11 is 0. The molecule has 2 aromatic heterocycles. The Morgan fingerprint density at radius 3 is 2.28 bits per heavy atom. The number of nitrogens with zero attached hydrogens (tertiary/aromatic N) is 1. The molecule has 0 aliphatic heterocycles. The molecule has 0 saturated carbocycles. The number of aromatic nitrogens is 2. The highest BCUT2D eigenvalue weighted by Crippen LogP contribution is 2.33. The number of H-pyrrole nitrogens is 1. The number of anilines is 1. The molecule has 15 heteroatoms. The molecule has 0 unspecified atom stereocenters. The Kier molecular flexibility index (Phi) is 7.25. The molecule has 4 rings (SSSR count). The summed E-state index contributed by atoms with van der Waals surface area (Å²) in [5.41, 5.74) is -6.68. The van der Waals surface area contributed by atoms with Gasteiger partial charge in [0.25, 0.3) is 9.84 Å². The highest BCUT2D eigenvalue weighted by molar-refractivity contribution is 7.92. The van der Waals surface area contributed by atoms with Crippen molar-refractivity contribution >= 4 is 42.4 Å². The number of aromatic amines is 1. The van der Waals surface area contributed by atoms with Crippen molar-refractivity contribution in [3.05, 3.63) is 77.6 Å². The molecule has 2 heterocycles. The third kappa shape index (κ3) is 5.36. The van der Waals surface area contributed by atoms with E-state index in [1.54, 1.807) is 6.92 Å². The Bertz CT molecular complexity index is 1800. The van der Waals surface area contributed by atoms with Gasteiger partial charge < -0.3 is 4.98 Å². The van der Waals surface area contributed by atoms with Crippen LogP contribution in [0.15, 0.2) is 59.8 Å². The van der Waals surface area contributed by atoms with Crippen LogP contribution in [-0.2, 0) is 19.9 Å². The van der Waals surface area contributed by atoms with Crippen LogP contribution in [0.2, 0.25) is 0 Å². The molecule has 0 bridgehead atoms. The molecular weight excluding hydrogens is 569 g/mol. The third-order valence-corrected chi connectivity index (χ3v) is 8.61. The number of rotatable bonds is 8. The lowest BCUT2D eigenvalue weighted by atomic mass is 10.00. The summed E-state index contributed by atoms with van der Waals surface area (Å²) in [5.74, 6) is -4.11. The van der Waals surface area contributed by atoms with Gasteiger partial charge in [-0.25, -0.2) is 30.6 Å². The first-order valence-electron chi connectivity index (χ1n) is 11.1. The number of benzene rings is 2. The highest BCUT2D eigenvalue weighted by atomic mass is 32.2. The van der Waals surface area contributed by atoms with Gasteiger partial charge in [0, 0.05) is 28.9 Å². The number of sulfonamides is 1. The summed E-state index contributed by atoms with van der Waals surface area (Å²) < 4.78 is 118. The lowest BCUT2D eigenvalue weighted by Gasteiger charge is -2.11. The number of pyridine rings is 1. The van der Waals surface area contributed by atoms with Crippen molar-refractivity contribution in [1.29, 1.82) is 0 Å². The number of sulfone groups is 1. The average molecular weight is 588 g/mol. The molecule has 8 nitrogen and oxygen atoms in total. The zero-order valence-electron chi connectivity index (χ0n) is 19.8. The van der Waals surface area contributed by atoms with E-state index in [2.05, 4.69) is 9.97 Å². The van der Waals surface area contributed by atoms with E-state index in [9.17, 15) is 39.2 Å². The SMILES string of the molecule is CCCS(=O)(=O)Nc1ccc(F)c(C(=O)c2c[nH]c3ncc(-c4ccc(S(=O)(=O)C(F)(F)F)cc4)cc23)c1F. The first-order chi connectivity index (χ1) is 18.2. The van der Waals surface area contributed by atoms with Gasteiger partial charge in [-0.1, -0.05) is 19.1 Å². The highest BCUT2D eigenvalue weighted by Gasteiger charge is 2.46. The second-order valence-corrected chi connectivity index (χ2v) is 12.1. The Morgan fingerprint density at radius 2 is 1.67 bits per heavy atom. The van der Waals surface area contributed by atoms with Crippen molar-refractivity contribution in [3.63, 3.8) is 0 Å². The third-order valence-electron chi connectivity index (χ3n) is 5.63. The minimum atomic E-state index is -5.56. The lowest BCUT2D eigenvalue weighted by molar-refractivity contribution is -0.0436. The van der Waals surface area contributed by atoms with Crippen LogP contribution in [0.25, 0.3) is 22.2 Å². The molecule has 206 valence electrons. The molecule has 4 aromatic rings. The number of fused-ring (bicyclic) bond motifs is 1. The van der Waals surface area contributed by atoms with Crippen LogP contribution >= 0.6 is 0 Å². The van der Waals surface area contributed by atoms with E-state index < -0.39 is 58.9 Å². The van der Waals surface area contributed by atoms with Crippen LogP contribution in [-0.4, -0.2) is 43.8 Å². The van der Waals surface area contributed by atoms with Crippen molar-refractivity contribution in [2.75, 3.05) is 10.5 Å². The predicted octanol–water partition coefficient (Wildman–Crippen LogP) is 5.18. The minimum Gasteiger partial charge on any atom is -0.345 e. The van der Waals surface area contributed by atoms with Crippen molar-refractivity contribution < 1.29 is 43.6 Å². The van der Waals surface area contributed by atoms with Gasteiger partial charge >= 0.3 is 5.51 Å². The zero-order valence-corrected chi connectivity index (χ0v) is 21.4. The Morgan fingerprint density at radius 1 is 1.00 bits per heavy atom. The van der Waals surface area contributed by atoms with Gasteiger partial charge in [-0.05, 0) is 42.3 Å². The zero-order chi connectivity index (χ0) is 28.8. The molecule has 39 heavy (non-hydrogen) atoms. The first kappa shape index (κ1) is 28.2. The summed E-state index contributed by atoms with van der Waals surface area (Å²) in [6.07, 6.45) is 2.68. The van der Waals surface area contributed by atoms with Gasteiger partial charge in [-0.3, -0.25) is 9.52 Å². The topological polar surface area (TPSA) is 126 Å². The van der Waals surface area contributed by atoms with Gasteiger partial charge in [0.15, 0.2) is 5.82 Å². The number of carbonyl (C=O) groups is 1. The fourth-order valence-electron chi connectivity index (χ4n) is 3.77. The molecule has 0 atom stereocenters. The van der Waals surface area contributed by atoms with Gasteiger partial charge in [-0.2, -0.15) is 13.2 Å². The number of hydrogen-bond donors (Lipinski definition) is 2. The summed E-state index contributed by atoms with van der Waals surface area (Å²) in [6, 6.07) is 6.73. The van der Waals surface area contributed by atoms with Gasteiger partial charge in [-0.15, -0.1) is 0 Å². The van der Waals surface area contributed by atoms with Crippen molar-refractivity contribution in [2.24, 2.45) is 0 Å². The summed E-state index contributed by atoms with van der Waals surface area (Å²) in [7, 11) is -9.50. The average Bonchev–Trinajstić information content (AvgIpc) is 3.28. The van der Waals surface area contributed by atoms with E-state index in [4.69, 9.17) is 0 Å². The maximum absolute atomic E-state index is 15.2. The molecule has 0 aliphatic rings. The van der Waals surface area contributed by atoms with E-state index in [0.717, 1.165) is 42.6 Å². The number of alkyl halides is 3. The van der Waals surface area contributed by atoms with Crippen molar-refractivity contribution in [2.45, 2.75) is 23.7 Å². The van der Waals surface area contributed by atoms with E-state index in [0.29, 0.717) is 0 Å². The largest absolute Gasteiger partial charge is 0.501 e. The van der Waals surface area contributed by atoms with E-state index in [-0.39, 0.29) is 39.9 Å². The first-order valence-corrected chi connectivity index (χ1v) is 14.2. The Balaban J connectivity index is 1.74. The normalized spacial score (nSPS) is 12.6. The van der Waals surface area contributed by atoms with E-state index in [1.165, 1.54) is 12.3 Å². The molecule has 0 aliphatic carbocycles. The summed E-state index contributed by atoms with van der Waals surface area (Å²) in [5, 5.41) is 0.0975. The molecule has 0 amide bonds. The number of hydrogen-bond acceptors (Lipinski definition) is 6. The Labute approximate surface area is 218 Å². The number of carbonyl (C=O) groups excluding carboxylic acids is 1. The molecular formula is C24H18F5N3O5S2. The van der Waals surface area contributed by atoms with Gasteiger partial charge in [0.05, 0.1) is 21.9 Å². The molecule has 0 fully saturated rings. The lowest BCUT2D eigenvalue weighted by Crippen LogP contribution is -2.23. The predicted molar refractivity (Wildman–Crippen MR) is 132 cm³/mol. The Hall–Kier alpha value is -3.85. The number of ketones is 1. The molecule has 0 radical (unpaired) electrons. The van der Waals surface area contributed by atoms with E-state index >= 15 is 4.39 Å². The quantitative estimate of drug-likeness (QED) is 0.216. The maximum Gasteiger partial charge on any atom is 0.501 e. The fourth-order valence-corrected chi connectivity index (χ4v) is 5.66. The molecule has 2 N–H and O–H groups in total. The van der Waals surface area contributed by atoms with Crippen molar-refractivity contribution in [1.82, 2.24) is 9.97 Å². The van der Waals surface area contributed by atoms with Crippen molar-refractivity contribution in [3.8, 4) is 11.1 Å². The minimum absolute atomic E-state index is 0.0975. The fraction of sp³-hybridized carbons (Fsp3) is 0.167. The molecule has 2 aromatic carbocycles. The summed E-state index contributed by atoms with van der Waals surface area (Å²) in [4.78, 5) is 19.0. The van der Waals surface area contributed by atoms with Gasteiger partial charge in [0.2, 0.25) is 15.8 Å². The van der Waals surface area contributed by atoms with Crippen LogP contribution in [0, 0.1) is 11.6 Å². The van der Waals surface area contributed by atoms with Crippen LogP contribution < -0.4 is 4.72 Å². The standard InChI is InChI=1S/C24H18F5N3O5S2/c1-2-9-38(34,35)32-19-8-7-18(25)20(21(19)26)22(33)17-12-31-23-16(17)10-14(11-30-23)13-3-5-15(6-4-13)39(36,37)24(27,28)29/h3-8,10-12,32H,2,9H2,1H3,(H,30,31). The van der Waals surface area contributed by atoms with Crippen LogP contribution in [0.4, 0.5) is 27.6 Å². The second-order valence-electron chi connectivity index (χ2n) is 8.33. The smallest absolute Gasteiger partial charge is 0.345 e. The van der Waals surface area contributed by atoms with Crippen LogP contribution in [0.3, 0.4) is 0 Å². The van der Waals surface area contributed by atoms with E-state index in [1.807, 2.05) is 4.72 Å². The molecule has 0 saturated heterocycles. The second kappa shape index (κ2) is 10.0. The number of halogens is 5. The number of nitrogens with one attached hydrogen (secondary N) is 2. The maximum atomic E-state index is 15.2. The summed E-state index contributed by atoms with van der Waals surface area (Å²) in [6.45, 7) is 1.59.